The highest BCUT2D eigenvalue weighted by Gasteiger charge is 2.03. The highest BCUT2D eigenvalue weighted by molar-refractivity contribution is 5.99. The number of hydrogen-bond donors (Lipinski definition) is 1. The van der Waals surface area contributed by atoms with Crippen molar-refractivity contribution in [2.45, 2.75) is 6.54 Å². The molecule has 76 valence electrons. The second-order valence-corrected chi connectivity index (χ2v) is 3.15. The molecule has 4 heteroatoms. The normalized spacial score (nSPS) is 11.6. The first-order valence-corrected chi connectivity index (χ1v) is 4.62. The van der Waals surface area contributed by atoms with Crippen LogP contribution in [0.25, 0.3) is 0 Å². The van der Waals surface area contributed by atoms with Gasteiger partial charge in [-0.05, 0) is 0 Å². The van der Waals surface area contributed by atoms with Gasteiger partial charge in [0, 0.05) is 18.0 Å². The van der Waals surface area contributed by atoms with Gasteiger partial charge in [0.2, 0.25) is 0 Å². The number of hydrogen-bond acceptors (Lipinski definition) is 3. The fourth-order valence-electron chi connectivity index (χ4n) is 1.36. The molecule has 0 atom stereocenters. The average Bonchev–Trinajstić information content (AvgIpc) is 2.80. The highest BCUT2D eigenvalue weighted by Crippen LogP contribution is 2.03. The van der Waals surface area contributed by atoms with Crippen LogP contribution in [0.5, 0.6) is 0 Å². The molecule has 1 aromatic carbocycles. The molecule has 2 aromatic rings. The molecule has 0 saturated carbocycles. The van der Waals surface area contributed by atoms with Crippen LogP contribution in [-0.2, 0) is 6.54 Å². The summed E-state index contributed by atoms with van der Waals surface area (Å²) < 4.78 is 1.85. The van der Waals surface area contributed by atoms with Gasteiger partial charge in [0.25, 0.3) is 0 Å². The molecular formula is C11H11N3O. The summed E-state index contributed by atoms with van der Waals surface area (Å²) in [6, 6.07) is 9.57. The predicted molar refractivity (Wildman–Crippen MR) is 57.0 cm³/mol. The molecule has 0 aliphatic heterocycles. The van der Waals surface area contributed by atoms with Crippen molar-refractivity contribution in [1.29, 1.82) is 0 Å². The Balaban J connectivity index is 2.20. The maximum absolute atomic E-state index is 8.93. The Morgan fingerprint density at radius 3 is 2.73 bits per heavy atom. The highest BCUT2D eigenvalue weighted by atomic mass is 16.4. The first-order chi connectivity index (χ1) is 7.40. The van der Waals surface area contributed by atoms with E-state index in [1.807, 2.05) is 41.1 Å². The van der Waals surface area contributed by atoms with Gasteiger partial charge in [-0.25, -0.2) is 4.98 Å². The van der Waals surface area contributed by atoms with Gasteiger partial charge in [-0.1, -0.05) is 35.5 Å². The van der Waals surface area contributed by atoms with Crippen LogP contribution in [0.3, 0.4) is 0 Å². The monoisotopic (exact) mass is 201 g/mol. The van der Waals surface area contributed by atoms with E-state index in [2.05, 4.69) is 10.1 Å². The van der Waals surface area contributed by atoms with E-state index in [1.165, 1.54) is 0 Å². The van der Waals surface area contributed by atoms with Crippen molar-refractivity contribution in [2.24, 2.45) is 5.16 Å². The van der Waals surface area contributed by atoms with Crippen molar-refractivity contribution in [3.8, 4) is 0 Å². The predicted octanol–water partition coefficient (Wildman–Crippen LogP) is 1.76. The van der Waals surface area contributed by atoms with Crippen molar-refractivity contribution in [3.05, 3.63) is 54.6 Å². The maximum atomic E-state index is 8.93. The quantitative estimate of drug-likeness (QED) is 0.467. The van der Waals surface area contributed by atoms with E-state index >= 15 is 0 Å². The van der Waals surface area contributed by atoms with Crippen LogP contribution in [0.2, 0.25) is 0 Å². The molecule has 4 nitrogen and oxygen atoms in total. The van der Waals surface area contributed by atoms with Crippen LogP contribution < -0.4 is 0 Å². The van der Waals surface area contributed by atoms with E-state index in [9.17, 15) is 0 Å². The lowest BCUT2D eigenvalue weighted by molar-refractivity contribution is 0.317. The zero-order valence-electron chi connectivity index (χ0n) is 8.11. The second-order valence-electron chi connectivity index (χ2n) is 3.15. The minimum Gasteiger partial charge on any atom is -0.411 e. The minimum absolute atomic E-state index is 0.514. The molecule has 1 N–H and O–H groups in total. The van der Waals surface area contributed by atoms with Gasteiger partial charge in [0.15, 0.2) is 0 Å². The lowest BCUT2D eigenvalue weighted by Crippen LogP contribution is -2.10. The lowest BCUT2D eigenvalue weighted by Gasteiger charge is -2.04. The molecule has 0 spiro atoms. The van der Waals surface area contributed by atoms with Gasteiger partial charge in [0.05, 0.1) is 12.9 Å². The van der Waals surface area contributed by atoms with Gasteiger partial charge in [0.1, 0.15) is 5.71 Å². The van der Waals surface area contributed by atoms with Gasteiger partial charge < -0.3 is 9.77 Å². The second kappa shape index (κ2) is 4.41. The van der Waals surface area contributed by atoms with E-state index in [4.69, 9.17) is 5.21 Å². The first-order valence-electron chi connectivity index (χ1n) is 4.62. The molecule has 0 saturated heterocycles. The minimum atomic E-state index is 0.514. The van der Waals surface area contributed by atoms with Gasteiger partial charge >= 0.3 is 0 Å². The standard InChI is InChI=1S/C11H11N3O/c15-13-11(8-14-7-6-12-9-14)10-4-2-1-3-5-10/h1-7,9,15H,8H2/b13-11-. The Bertz CT molecular complexity index is 434. The van der Waals surface area contributed by atoms with Crippen LogP contribution in [0.1, 0.15) is 5.56 Å². The van der Waals surface area contributed by atoms with Gasteiger partial charge in [-0.15, -0.1) is 0 Å². The summed E-state index contributed by atoms with van der Waals surface area (Å²) >= 11 is 0. The number of benzene rings is 1. The SMILES string of the molecule is O/N=C(/Cn1ccnc1)c1ccccc1. The molecule has 0 aliphatic rings. The molecular weight excluding hydrogens is 190 g/mol. The zero-order valence-corrected chi connectivity index (χ0v) is 8.11. The fourth-order valence-corrected chi connectivity index (χ4v) is 1.36. The topological polar surface area (TPSA) is 50.4 Å². The van der Waals surface area contributed by atoms with E-state index in [0.29, 0.717) is 12.3 Å². The molecule has 1 heterocycles. The Hall–Kier alpha value is -2.10. The number of oxime groups is 1. The summed E-state index contributed by atoms with van der Waals surface area (Å²) in [5.41, 5.74) is 1.53. The molecule has 15 heavy (non-hydrogen) atoms. The summed E-state index contributed by atoms with van der Waals surface area (Å²) in [5.74, 6) is 0. The molecule has 0 aliphatic carbocycles. The molecule has 0 amide bonds. The molecule has 0 bridgehead atoms. The fraction of sp³-hybridized carbons (Fsp3) is 0.0909. The van der Waals surface area contributed by atoms with Crippen molar-refractivity contribution < 1.29 is 5.21 Å². The Morgan fingerprint density at radius 1 is 1.33 bits per heavy atom. The summed E-state index contributed by atoms with van der Waals surface area (Å²) in [5, 5.41) is 12.2. The van der Waals surface area contributed by atoms with Crippen molar-refractivity contribution in [3.63, 3.8) is 0 Å². The molecule has 0 fully saturated rings. The van der Waals surface area contributed by atoms with E-state index in [-0.39, 0.29) is 0 Å². The molecule has 0 unspecified atom stereocenters. The summed E-state index contributed by atoms with van der Waals surface area (Å²) in [4.78, 5) is 3.93. The Kier molecular flexibility index (Phi) is 2.78. The smallest absolute Gasteiger partial charge is 0.106 e. The van der Waals surface area contributed by atoms with Crippen LogP contribution >= 0.6 is 0 Å². The third-order valence-electron chi connectivity index (χ3n) is 2.12. The first kappa shape index (κ1) is 9.45. The lowest BCUT2D eigenvalue weighted by atomic mass is 10.1. The van der Waals surface area contributed by atoms with Crippen LogP contribution in [0.15, 0.2) is 54.2 Å². The molecule has 2 rings (SSSR count). The number of imidazole rings is 1. The van der Waals surface area contributed by atoms with Gasteiger partial charge in [-0.3, -0.25) is 0 Å². The zero-order chi connectivity index (χ0) is 10.5. The van der Waals surface area contributed by atoms with E-state index in [0.717, 1.165) is 5.56 Å². The summed E-state index contributed by atoms with van der Waals surface area (Å²) in [6.45, 7) is 0.514. The van der Waals surface area contributed by atoms with Gasteiger partial charge in [-0.2, -0.15) is 0 Å². The van der Waals surface area contributed by atoms with E-state index in [1.54, 1.807) is 12.5 Å². The Morgan fingerprint density at radius 2 is 2.13 bits per heavy atom. The summed E-state index contributed by atoms with van der Waals surface area (Å²) in [7, 11) is 0. The number of aromatic nitrogens is 2. The maximum Gasteiger partial charge on any atom is 0.106 e. The number of rotatable bonds is 3. The van der Waals surface area contributed by atoms with Crippen LogP contribution in [-0.4, -0.2) is 20.5 Å². The molecule has 0 radical (unpaired) electrons. The number of nitrogens with zero attached hydrogens (tertiary/aromatic N) is 3. The van der Waals surface area contributed by atoms with Crippen LogP contribution in [0, 0.1) is 0 Å². The summed E-state index contributed by atoms with van der Waals surface area (Å²) in [6.07, 6.45) is 5.21. The van der Waals surface area contributed by atoms with E-state index < -0.39 is 0 Å². The Labute approximate surface area is 87.5 Å². The van der Waals surface area contributed by atoms with Crippen molar-refractivity contribution in [2.75, 3.05) is 0 Å². The third-order valence-corrected chi connectivity index (χ3v) is 2.12. The van der Waals surface area contributed by atoms with Crippen LogP contribution in [0.4, 0.5) is 0 Å². The average molecular weight is 201 g/mol. The third kappa shape index (κ3) is 2.22. The van der Waals surface area contributed by atoms with Crippen molar-refractivity contribution in [1.82, 2.24) is 9.55 Å². The largest absolute Gasteiger partial charge is 0.411 e. The van der Waals surface area contributed by atoms with Crippen molar-refractivity contribution >= 4 is 5.71 Å². The molecule has 1 aromatic heterocycles.